The maximum absolute atomic E-state index is 12.9. The molecule has 4 rings (SSSR count). The Kier molecular flexibility index (Phi) is 6.43. The van der Waals surface area contributed by atoms with E-state index in [4.69, 9.17) is 4.74 Å². The van der Waals surface area contributed by atoms with E-state index in [1.54, 1.807) is 11.3 Å². The third kappa shape index (κ3) is 4.46. The fraction of sp³-hybridized carbons (Fsp3) is 0.714. The summed E-state index contributed by atoms with van der Waals surface area (Å²) in [5.41, 5.74) is 1.20. The molecule has 4 atom stereocenters. The molecule has 1 unspecified atom stereocenters. The molecule has 3 aliphatic rings. The number of likely N-dealkylation sites (tertiary alicyclic amines) is 1. The number of hydrogen-bond donors (Lipinski definition) is 1. The molecule has 5 nitrogen and oxygen atoms in total. The summed E-state index contributed by atoms with van der Waals surface area (Å²) in [5, 5.41) is 5.26. The van der Waals surface area contributed by atoms with Crippen LogP contribution in [0.25, 0.3) is 0 Å². The van der Waals surface area contributed by atoms with Crippen LogP contribution in [0.2, 0.25) is 0 Å². The Hall–Kier alpha value is -0.920. The largest absolute Gasteiger partial charge is 0.377 e. The van der Waals surface area contributed by atoms with Gasteiger partial charge in [-0.2, -0.15) is 0 Å². The number of rotatable bonds is 7. The van der Waals surface area contributed by atoms with Crippen LogP contribution in [0.1, 0.15) is 51.0 Å². The van der Waals surface area contributed by atoms with Crippen molar-refractivity contribution in [3.05, 3.63) is 20.8 Å². The van der Waals surface area contributed by atoms with Crippen molar-refractivity contribution in [2.45, 2.75) is 70.1 Å². The van der Waals surface area contributed by atoms with E-state index in [0.29, 0.717) is 18.9 Å². The van der Waals surface area contributed by atoms with E-state index in [0.717, 1.165) is 36.0 Å². The van der Waals surface area contributed by atoms with Gasteiger partial charge in [-0.25, -0.2) is 0 Å². The number of nitrogens with one attached hydrogen (secondary N) is 1. The third-order valence-electron chi connectivity index (χ3n) is 6.43. The lowest BCUT2D eigenvalue weighted by molar-refractivity contribution is -0.134. The summed E-state index contributed by atoms with van der Waals surface area (Å²) in [7, 11) is 0. The molecule has 0 bridgehead atoms. The molecular weight excluding hydrogens is 440 g/mol. The minimum atomic E-state index is -0.0210. The number of hydrogen-bond acceptors (Lipinski definition) is 4. The number of thiophene rings is 1. The van der Waals surface area contributed by atoms with Crippen molar-refractivity contribution >= 4 is 39.1 Å². The number of amides is 2. The molecule has 2 aliphatic heterocycles. The lowest BCUT2D eigenvalue weighted by atomic mass is 9.96. The van der Waals surface area contributed by atoms with Crippen LogP contribution in [0.4, 0.5) is 0 Å². The molecule has 0 aromatic carbocycles. The fourth-order valence-electron chi connectivity index (χ4n) is 4.71. The molecule has 1 aromatic rings. The van der Waals surface area contributed by atoms with Crippen LogP contribution in [-0.2, 0) is 20.7 Å². The zero-order chi connectivity index (χ0) is 19.7. The highest BCUT2D eigenvalue weighted by atomic mass is 79.9. The molecule has 7 heteroatoms. The Balaban J connectivity index is 1.31. The maximum atomic E-state index is 12.9. The summed E-state index contributed by atoms with van der Waals surface area (Å²) in [5.74, 6) is 0.871. The molecule has 1 N–H and O–H groups in total. The molecule has 2 saturated heterocycles. The van der Waals surface area contributed by atoms with Gasteiger partial charge in [0.1, 0.15) is 0 Å². The van der Waals surface area contributed by atoms with E-state index in [2.05, 4.69) is 27.3 Å². The predicted molar refractivity (Wildman–Crippen MR) is 113 cm³/mol. The highest BCUT2D eigenvalue weighted by Crippen LogP contribution is 2.41. The van der Waals surface area contributed by atoms with Crippen molar-refractivity contribution in [2.75, 3.05) is 13.2 Å². The van der Waals surface area contributed by atoms with Gasteiger partial charge in [0.05, 0.1) is 21.9 Å². The molecule has 0 spiro atoms. The van der Waals surface area contributed by atoms with Gasteiger partial charge >= 0.3 is 0 Å². The molecule has 1 aliphatic carbocycles. The van der Waals surface area contributed by atoms with Gasteiger partial charge in [-0.15, -0.1) is 11.3 Å². The van der Waals surface area contributed by atoms with Crippen molar-refractivity contribution < 1.29 is 14.3 Å². The smallest absolute Gasteiger partial charge is 0.226 e. The van der Waals surface area contributed by atoms with Crippen molar-refractivity contribution in [3.8, 4) is 0 Å². The molecule has 28 heavy (non-hydrogen) atoms. The SMILES string of the molecule is CC(NC(=O)[C@@H]1CCO[C@H]1C1CC1)[C@@H]1CCCN1C(=O)CCc1ccsc1Br. The van der Waals surface area contributed by atoms with Crippen LogP contribution in [-0.4, -0.2) is 48.1 Å². The van der Waals surface area contributed by atoms with Crippen molar-refractivity contribution in [3.63, 3.8) is 0 Å². The minimum Gasteiger partial charge on any atom is -0.377 e. The molecule has 1 saturated carbocycles. The van der Waals surface area contributed by atoms with Crippen molar-refractivity contribution in [2.24, 2.45) is 11.8 Å². The average Bonchev–Trinajstić information content (AvgIpc) is 3.10. The second-order valence-electron chi connectivity index (χ2n) is 8.38. The molecule has 3 fully saturated rings. The highest BCUT2D eigenvalue weighted by molar-refractivity contribution is 9.11. The average molecular weight is 469 g/mol. The van der Waals surface area contributed by atoms with Crippen LogP contribution in [0.15, 0.2) is 15.2 Å². The van der Waals surface area contributed by atoms with Crippen LogP contribution < -0.4 is 5.32 Å². The predicted octanol–water partition coefficient (Wildman–Crippen LogP) is 3.75. The first-order valence-corrected chi connectivity index (χ1v) is 12.1. The highest BCUT2D eigenvalue weighted by Gasteiger charge is 2.44. The standard InChI is InChI=1S/C21H29BrN2O3S/c1-13(23-21(26)16-8-11-27-19(16)14-4-5-14)17-3-2-10-24(17)18(25)7-6-15-9-12-28-20(15)22/h9,12-14,16-17,19H,2-8,10-11H2,1H3,(H,23,26)/t13?,16-,17+,19+/m1/s1. The van der Waals surface area contributed by atoms with Crippen LogP contribution in [0.3, 0.4) is 0 Å². The number of carbonyl (C=O) groups is 2. The van der Waals surface area contributed by atoms with Crippen LogP contribution in [0, 0.1) is 11.8 Å². The van der Waals surface area contributed by atoms with E-state index in [1.165, 1.54) is 18.4 Å². The van der Waals surface area contributed by atoms with E-state index >= 15 is 0 Å². The monoisotopic (exact) mass is 468 g/mol. The van der Waals surface area contributed by atoms with Gasteiger partial charge in [0.2, 0.25) is 11.8 Å². The molecule has 0 radical (unpaired) electrons. The first-order chi connectivity index (χ1) is 13.5. The number of halogens is 1. The van der Waals surface area contributed by atoms with Gasteiger partial charge < -0.3 is 15.0 Å². The zero-order valence-corrected chi connectivity index (χ0v) is 18.8. The first kappa shape index (κ1) is 20.4. The fourth-order valence-corrected chi connectivity index (χ4v) is 6.04. The van der Waals surface area contributed by atoms with E-state index in [9.17, 15) is 9.59 Å². The second kappa shape index (κ2) is 8.84. The lowest BCUT2D eigenvalue weighted by Gasteiger charge is -2.31. The van der Waals surface area contributed by atoms with E-state index in [1.807, 2.05) is 17.2 Å². The Morgan fingerprint density at radius 3 is 2.89 bits per heavy atom. The van der Waals surface area contributed by atoms with Crippen LogP contribution in [0.5, 0.6) is 0 Å². The van der Waals surface area contributed by atoms with Crippen LogP contribution >= 0.6 is 27.3 Å². The van der Waals surface area contributed by atoms with Gasteiger partial charge in [0.15, 0.2) is 0 Å². The van der Waals surface area contributed by atoms with Gasteiger partial charge in [0.25, 0.3) is 0 Å². The molecular formula is C21H29BrN2O3S. The summed E-state index contributed by atoms with van der Waals surface area (Å²) >= 11 is 5.20. The van der Waals surface area contributed by atoms with Gasteiger partial charge in [-0.1, -0.05) is 0 Å². The third-order valence-corrected chi connectivity index (χ3v) is 8.24. The maximum Gasteiger partial charge on any atom is 0.226 e. The molecule has 1 aromatic heterocycles. The van der Waals surface area contributed by atoms with Gasteiger partial charge in [0, 0.05) is 25.6 Å². The normalized spacial score (nSPS) is 28.5. The Bertz CT molecular complexity index is 720. The molecule has 3 heterocycles. The topological polar surface area (TPSA) is 58.6 Å². The molecule has 2 amide bonds. The number of aryl methyl sites for hydroxylation is 1. The summed E-state index contributed by atoms with van der Waals surface area (Å²) in [6, 6.07) is 2.16. The number of carbonyl (C=O) groups excluding carboxylic acids is 2. The van der Waals surface area contributed by atoms with Gasteiger partial charge in [-0.3, -0.25) is 9.59 Å². The minimum absolute atomic E-state index is 0.0172. The summed E-state index contributed by atoms with van der Waals surface area (Å²) in [6.45, 7) is 3.54. The summed E-state index contributed by atoms with van der Waals surface area (Å²) < 4.78 is 6.94. The van der Waals surface area contributed by atoms with E-state index < -0.39 is 0 Å². The first-order valence-electron chi connectivity index (χ1n) is 10.5. The van der Waals surface area contributed by atoms with E-state index in [-0.39, 0.29) is 35.9 Å². The lowest BCUT2D eigenvalue weighted by Crippen LogP contribution is -2.51. The zero-order valence-electron chi connectivity index (χ0n) is 16.4. The second-order valence-corrected chi connectivity index (χ2v) is 10.6. The Morgan fingerprint density at radius 1 is 1.36 bits per heavy atom. The summed E-state index contributed by atoms with van der Waals surface area (Å²) in [6.07, 6.45) is 6.56. The number of ether oxygens (including phenoxy) is 1. The summed E-state index contributed by atoms with van der Waals surface area (Å²) in [4.78, 5) is 27.7. The Labute approximate surface area is 179 Å². The van der Waals surface area contributed by atoms with Gasteiger partial charge in [-0.05, 0) is 84.3 Å². The Morgan fingerprint density at radius 2 is 2.18 bits per heavy atom. The quantitative estimate of drug-likeness (QED) is 0.662. The number of nitrogens with zero attached hydrogens (tertiary/aromatic N) is 1. The van der Waals surface area contributed by atoms with Crippen molar-refractivity contribution in [1.29, 1.82) is 0 Å². The van der Waals surface area contributed by atoms with Crippen molar-refractivity contribution in [1.82, 2.24) is 10.2 Å². The molecule has 154 valence electrons.